The highest BCUT2D eigenvalue weighted by Crippen LogP contribution is 2.48. The smallest absolute Gasteiger partial charge is 0.205 e. The Morgan fingerprint density at radius 2 is 2.25 bits per heavy atom. The fourth-order valence-electron chi connectivity index (χ4n) is 3.47. The van der Waals surface area contributed by atoms with Crippen LogP contribution in [0.3, 0.4) is 0 Å². The van der Waals surface area contributed by atoms with Crippen molar-refractivity contribution in [2.75, 3.05) is 0 Å². The molecule has 6 nitrogen and oxygen atoms in total. The molecule has 7 heteroatoms. The number of carbonyl (C=O) groups excluding carboxylic acids is 1. The second-order valence-corrected chi connectivity index (χ2v) is 7.75. The highest BCUT2D eigenvalue weighted by atomic mass is 79.9. The van der Waals surface area contributed by atoms with Gasteiger partial charge in [0.25, 0.3) is 0 Å². The summed E-state index contributed by atoms with van der Waals surface area (Å²) in [6.45, 7) is 6.64. The minimum absolute atomic E-state index is 0.00209. The van der Waals surface area contributed by atoms with Crippen LogP contribution in [-0.4, -0.2) is 15.6 Å². The van der Waals surface area contributed by atoms with Crippen LogP contribution >= 0.6 is 15.9 Å². The fraction of sp³-hybridized carbons (Fsp3) is 0.471. The van der Waals surface area contributed by atoms with Crippen molar-refractivity contribution < 1.29 is 9.53 Å². The van der Waals surface area contributed by atoms with E-state index in [1.807, 2.05) is 20.8 Å². The third kappa shape index (κ3) is 2.55. The number of nitrogens with zero attached hydrogens (tertiary/aromatic N) is 3. The molecule has 0 spiro atoms. The molecule has 2 aliphatic rings. The molecule has 0 bridgehead atoms. The first-order chi connectivity index (χ1) is 11.3. The van der Waals surface area contributed by atoms with Crippen LogP contribution in [0.25, 0.3) is 0 Å². The molecule has 2 N–H and O–H groups in total. The number of allylic oxidation sites excluding steroid dienone is 3. The van der Waals surface area contributed by atoms with E-state index in [-0.39, 0.29) is 22.7 Å². The summed E-state index contributed by atoms with van der Waals surface area (Å²) in [4.78, 5) is 12.9. The summed E-state index contributed by atoms with van der Waals surface area (Å²) in [5, 5.41) is 13.9. The SMILES string of the molecule is CCn1ncc(Br)c1C1C(C#N)=C(N)OC2=C1C(=O)CC(C)(C)C2. The molecule has 2 heterocycles. The van der Waals surface area contributed by atoms with Crippen molar-refractivity contribution in [1.29, 1.82) is 5.26 Å². The molecule has 0 fully saturated rings. The monoisotopic (exact) mass is 390 g/mol. The van der Waals surface area contributed by atoms with Crippen molar-refractivity contribution in [2.24, 2.45) is 11.1 Å². The van der Waals surface area contributed by atoms with E-state index in [1.54, 1.807) is 10.9 Å². The van der Waals surface area contributed by atoms with Gasteiger partial charge in [-0.05, 0) is 28.3 Å². The number of aromatic nitrogens is 2. The van der Waals surface area contributed by atoms with Crippen molar-refractivity contribution in [1.82, 2.24) is 9.78 Å². The lowest BCUT2D eigenvalue weighted by molar-refractivity contribution is -0.119. The Kier molecular flexibility index (Phi) is 4.04. The van der Waals surface area contributed by atoms with Gasteiger partial charge in [0.05, 0.1) is 22.3 Å². The number of carbonyl (C=O) groups is 1. The molecule has 1 aliphatic heterocycles. The van der Waals surface area contributed by atoms with E-state index in [9.17, 15) is 10.1 Å². The van der Waals surface area contributed by atoms with Crippen LogP contribution in [0.1, 0.15) is 45.2 Å². The highest BCUT2D eigenvalue weighted by Gasteiger charge is 2.44. The molecule has 1 aliphatic carbocycles. The summed E-state index contributed by atoms with van der Waals surface area (Å²) in [7, 11) is 0. The van der Waals surface area contributed by atoms with Crippen molar-refractivity contribution in [3.63, 3.8) is 0 Å². The number of nitriles is 1. The lowest BCUT2D eigenvalue weighted by atomic mass is 9.71. The Morgan fingerprint density at radius 1 is 1.54 bits per heavy atom. The van der Waals surface area contributed by atoms with Gasteiger partial charge in [-0.2, -0.15) is 10.4 Å². The zero-order chi connectivity index (χ0) is 17.6. The molecule has 0 aromatic carbocycles. The van der Waals surface area contributed by atoms with Crippen molar-refractivity contribution in [3.8, 4) is 6.07 Å². The number of Topliss-reactive ketones (excluding diaryl/α,β-unsaturated/α-hetero) is 1. The molecular weight excluding hydrogens is 372 g/mol. The first kappa shape index (κ1) is 16.8. The summed E-state index contributed by atoms with van der Waals surface area (Å²) in [6, 6.07) is 2.13. The molecular formula is C17H19BrN4O2. The first-order valence-electron chi connectivity index (χ1n) is 7.84. The van der Waals surface area contributed by atoms with Gasteiger partial charge >= 0.3 is 0 Å². The molecule has 0 saturated heterocycles. The second-order valence-electron chi connectivity index (χ2n) is 6.90. The Bertz CT molecular complexity index is 826. The third-order valence-corrected chi connectivity index (χ3v) is 5.09. The predicted molar refractivity (Wildman–Crippen MR) is 91.3 cm³/mol. The normalized spacial score (nSPS) is 23.0. The molecule has 0 radical (unpaired) electrons. The highest BCUT2D eigenvalue weighted by molar-refractivity contribution is 9.10. The van der Waals surface area contributed by atoms with Gasteiger partial charge in [0.2, 0.25) is 5.88 Å². The maximum absolute atomic E-state index is 12.9. The van der Waals surface area contributed by atoms with E-state index in [1.165, 1.54) is 0 Å². The van der Waals surface area contributed by atoms with Gasteiger partial charge in [-0.15, -0.1) is 0 Å². The van der Waals surface area contributed by atoms with E-state index < -0.39 is 5.92 Å². The average Bonchev–Trinajstić information content (AvgIpc) is 2.85. The van der Waals surface area contributed by atoms with Crippen LogP contribution in [0, 0.1) is 16.7 Å². The average molecular weight is 391 g/mol. The van der Waals surface area contributed by atoms with Crippen LogP contribution < -0.4 is 5.73 Å². The largest absolute Gasteiger partial charge is 0.444 e. The standard InChI is InChI=1S/C17H19BrN4O2/c1-4-22-15(10(18)8-21-22)13-9(7-19)16(20)24-12-6-17(2,3)5-11(23)14(12)13/h8,13H,4-6,20H2,1-3H3. The van der Waals surface area contributed by atoms with Crippen LogP contribution in [-0.2, 0) is 16.1 Å². The summed E-state index contributed by atoms with van der Waals surface area (Å²) >= 11 is 3.50. The minimum Gasteiger partial charge on any atom is -0.444 e. The number of aryl methyl sites for hydroxylation is 1. The van der Waals surface area contributed by atoms with Gasteiger partial charge in [-0.3, -0.25) is 9.48 Å². The number of hydrogen-bond acceptors (Lipinski definition) is 5. The summed E-state index contributed by atoms with van der Waals surface area (Å²) in [5.74, 6) is 0.109. The molecule has 1 aromatic rings. The molecule has 0 amide bonds. The molecule has 1 aromatic heterocycles. The molecule has 24 heavy (non-hydrogen) atoms. The maximum Gasteiger partial charge on any atom is 0.205 e. The molecule has 0 saturated carbocycles. The lowest BCUT2D eigenvalue weighted by Gasteiger charge is -2.37. The summed E-state index contributed by atoms with van der Waals surface area (Å²) in [6.07, 6.45) is 2.71. The van der Waals surface area contributed by atoms with Gasteiger partial charge < -0.3 is 10.5 Å². The predicted octanol–water partition coefficient (Wildman–Crippen LogP) is 3.12. The molecule has 3 rings (SSSR count). The Balaban J connectivity index is 2.25. The van der Waals surface area contributed by atoms with Crippen LogP contribution in [0.15, 0.2) is 33.5 Å². The molecule has 126 valence electrons. The number of rotatable bonds is 2. The van der Waals surface area contributed by atoms with E-state index in [0.717, 1.165) is 10.2 Å². The zero-order valence-electron chi connectivity index (χ0n) is 13.9. The Labute approximate surface area is 149 Å². The van der Waals surface area contributed by atoms with Gasteiger partial charge in [-0.1, -0.05) is 13.8 Å². The van der Waals surface area contributed by atoms with Crippen LogP contribution in [0.4, 0.5) is 0 Å². The molecule has 1 atom stereocenters. The van der Waals surface area contributed by atoms with E-state index in [4.69, 9.17) is 10.5 Å². The van der Waals surface area contributed by atoms with Gasteiger partial charge in [0.1, 0.15) is 17.4 Å². The Hall–Kier alpha value is -2.07. The summed E-state index contributed by atoms with van der Waals surface area (Å²) in [5.41, 5.74) is 7.39. The first-order valence-corrected chi connectivity index (χ1v) is 8.63. The third-order valence-electron chi connectivity index (χ3n) is 4.48. The maximum atomic E-state index is 12.9. The second kappa shape index (κ2) is 5.78. The van der Waals surface area contributed by atoms with Crippen LogP contribution in [0.5, 0.6) is 0 Å². The van der Waals surface area contributed by atoms with E-state index >= 15 is 0 Å². The number of hydrogen-bond donors (Lipinski definition) is 1. The summed E-state index contributed by atoms with van der Waals surface area (Å²) < 4.78 is 8.22. The topological polar surface area (TPSA) is 93.9 Å². The van der Waals surface area contributed by atoms with Gasteiger partial charge in [0.15, 0.2) is 5.78 Å². The van der Waals surface area contributed by atoms with Gasteiger partial charge in [-0.25, -0.2) is 0 Å². The van der Waals surface area contributed by atoms with E-state index in [2.05, 4.69) is 27.1 Å². The van der Waals surface area contributed by atoms with Crippen LogP contribution in [0.2, 0.25) is 0 Å². The lowest BCUT2D eigenvalue weighted by Crippen LogP contribution is -2.34. The number of ether oxygens (including phenoxy) is 1. The van der Waals surface area contributed by atoms with Gasteiger partial charge in [0, 0.05) is 25.0 Å². The van der Waals surface area contributed by atoms with Crippen molar-refractivity contribution in [3.05, 3.63) is 39.2 Å². The fourth-order valence-corrected chi connectivity index (χ4v) is 3.99. The van der Waals surface area contributed by atoms with E-state index in [0.29, 0.717) is 30.7 Å². The Morgan fingerprint density at radius 3 is 2.88 bits per heavy atom. The number of nitrogens with two attached hydrogens (primary N) is 1. The zero-order valence-corrected chi connectivity index (χ0v) is 15.5. The van der Waals surface area contributed by atoms with Crippen molar-refractivity contribution in [2.45, 2.75) is 46.1 Å². The minimum atomic E-state index is -0.542. The van der Waals surface area contributed by atoms with Crippen molar-refractivity contribution >= 4 is 21.7 Å². The quantitative estimate of drug-likeness (QED) is 0.836. The number of halogens is 1. The molecule has 1 unspecified atom stereocenters. The number of ketones is 1.